The van der Waals surface area contributed by atoms with Crippen LogP contribution in [0.5, 0.6) is 0 Å². The lowest BCUT2D eigenvalue weighted by Crippen LogP contribution is -2.36. The zero-order chi connectivity index (χ0) is 15.8. The monoisotopic (exact) mass is 310 g/mol. The summed E-state index contributed by atoms with van der Waals surface area (Å²) in [7, 11) is 3.51. The fraction of sp³-hybridized carbons (Fsp3) is 0.467. The highest BCUT2D eigenvalue weighted by Gasteiger charge is 2.13. The molecule has 116 valence electrons. The zero-order valence-electron chi connectivity index (χ0n) is 12.7. The third kappa shape index (κ3) is 6.55. The lowest BCUT2D eigenvalue weighted by Gasteiger charge is -2.22. The first-order chi connectivity index (χ1) is 9.92. The minimum atomic E-state index is -0.952. The van der Waals surface area contributed by atoms with E-state index in [-0.39, 0.29) is 5.91 Å². The number of rotatable bonds is 8. The van der Waals surface area contributed by atoms with Crippen molar-refractivity contribution in [2.75, 3.05) is 27.2 Å². The van der Waals surface area contributed by atoms with Crippen LogP contribution >= 0.6 is 11.3 Å². The Morgan fingerprint density at radius 1 is 1.38 bits per heavy atom. The Morgan fingerprint density at radius 3 is 2.67 bits per heavy atom. The molecule has 0 atom stereocenters. The standard InChI is InChI=1S/C15H22N2O3S/c1-4-7-17(10-14(18)16(2)3)9-13-8-12(11-21-13)5-6-15(19)20/h5-6,8,11H,4,7,9-10H2,1-3H3,(H,19,20). The molecule has 6 heteroatoms. The predicted molar refractivity (Wildman–Crippen MR) is 85.3 cm³/mol. The summed E-state index contributed by atoms with van der Waals surface area (Å²) in [5.74, 6) is -0.863. The smallest absolute Gasteiger partial charge is 0.328 e. The van der Waals surface area contributed by atoms with Crippen LogP contribution < -0.4 is 0 Å². The number of hydrogen-bond acceptors (Lipinski definition) is 4. The van der Waals surface area contributed by atoms with E-state index in [0.29, 0.717) is 13.1 Å². The minimum absolute atomic E-state index is 0.0889. The Hall–Kier alpha value is -1.66. The average molecular weight is 310 g/mol. The van der Waals surface area contributed by atoms with Crippen LogP contribution in [-0.2, 0) is 16.1 Å². The van der Waals surface area contributed by atoms with Gasteiger partial charge in [-0.25, -0.2) is 4.79 Å². The van der Waals surface area contributed by atoms with E-state index in [4.69, 9.17) is 5.11 Å². The van der Waals surface area contributed by atoms with Gasteiger partial charge in [0.15, 0.2) is 0 Å². The summed E-state index contributed by atoms with van der Waals surface area (Å²) in [6.07, 6.45) is 3.69. The highest BCUT2D eigenvalue weighted by Crippen LogP contribution is 2.18. The van der Waals surface area contributed by atoms with E-state index in [1.807, 2.05) is 11.4 Å². The maximum absolute atomic E-state index is 11.8. The van der Waals surface area contributed by atoms with E-state index in [0.717, 1.165) is 29.5 Å². The molecular weight excluding hydrogens is 288 g/mol. The minimum Gasteiger partial charge on any atom is -0.478 e. The first-order valence-corrected chi connectivity index (χ1v) is 7.71. The summed E-state index contributed by atoms with van der Waals surface area (Å²) in [6, 6.07) is 1.97. The molecule has 0 saturated carbocycles. The molecule has 0 aromatic carbocycles. The third-order valence-electron chi connectivity index (χ3n) is 2.87. The van der Waals surface area contributed by atoms with Gasteiger partial charge in [-0.15, -0.1) is 11.3 Å². The molecule has 0 saturated heterocycles. The number of carboxylic acid groups (broad SMARTS) is 1. The molecule has 0 fully saturated rings. The van der Waals surface area contributed by atoms with Gasteiger partial charge in [0.1, 0.15) is 0 Å². The summed E-state index contributed by atoms with van der Waals surface area (Å²) in [4.78, 5) is 27.1. The fourth-order valence-electron chi connectivity index (χ4n) is 1.82. The third-order valence-corrected chi connectivity index (χ3v) is 3.81. The maximum atomic E-state index is 11.8. The largest absolute Gasteiger partial charge is 0.478 e. The molecule has 0 spiro atoms. The van der Waals surface area contributed by atoms with Gasteiger partial charge in [-0.1, -0.05) is 6.92 Å². The Kier molecular flexibility index (Phi) is 7.11. The van der Waals surface area contributed by atoms with Gasteiger partial charge in [0, 0.05) is 31.6 Å². The lowest BCUT2D eigenvalue weighted by molar-refractivity contribution is -0.131. The maximum Gasteiger partial charge on any atom is 0.328 e. The van der Waals surface area contributed by atoms with Crippen molar-refractivity contribution in [3.05, 3.63) is 28.0 Å². The second kappa shape index (κ2) is 8.59. The first-order valence-electron chi connectivity index (χ1n) is 6.83. The average Bonchev–Trinajstić information content (AvgIpc) is 2.84. The lowest BCUT2D eigenvalue weighted by atomic mass is 10.2. The molecule has 0 aliphatic rings. The van der Waals surface area contributed by atoms with Gasteiger partial charge in [-0.05, 0) is 36.1 Å². The number of carboxylic acids is 1. The quantitative estimate of drug-likeness (QED) is 0.747. The number of hydrogen-bond donors (Lipinski definition) is 1. The number of amides is 1. The summed E-state index contributed by atoms with van der Waals surface area (Å²) in [6.45, 7) is 4.05. The molecule has 0 unspecified atom stereocenters. The molecule has 0 aliphatic heterocycles. The van der Waals surface area contributed by atoms with Crippen molar-refractivity contribution in [1.29, 1.82) is 0 Å². The number of aliphatic carboxylic acids is 1. The number of thiophene rings is 1. The van der Waals surface area contributed by atoms with Gasteiger partial charge in [0.25, 0.3) is 0 Å². The van der Waals surface area contributed by atoms with E-state index >= 15 is 0 Å². The van der Waals surface area contributed by atoms with Crippen molar-refractivity contribution in [3.63, 3.8) is 0 Å². The van der Waals surface area contributed by atoms with Gasteiger partial charge in [0.05, 0.1) is 6.54 Å². The zero-order valence-corrected chi connectivity index (χ0v) is 13.5. The number of nitrogens with zero attached hydrogens (tertiary/aromatic N) is 2. The molecule has 1 heterocycles. The van der Waals surface area contributed by atoms with Gasteiger partial charge in [-0.3, -0.25) is 9.69 Å². The Bertz CT molecular complexity index is 509. The summed E-state index contributed by atoms with van der Waals surface area (Å²) < 4.78 is 0. The van der Waals surface area contributed by atoms with Crippen LogP contribution in [-0.4, -0.2) is 54.0 Å². The molecule has 0 radical (unpaired) electrons. The Labute approximate surface area is 129 Å². The molecule has 21 heavy (non-hydrogen) atoms. The van der Waals surface area contributed by atoms with Gasteiger partial charge >= 0.3 is 5.97 Å². The van der Waals surface area contributed by atoms with Crippen molar-refractivity contribution in [2.45, 2.75) is 19.9 Å². The fourth-order valence-corrected chi connectivity index (χ4v) is 2.71. The van der Waals surface area contributed by atoms with E-state index in [1.54, 1.807) is 36.4 Å². The molecule has 1 aromatic heterocycles. The number of carbonyl (C=O) groups is 2. The van der Waals surface area contributed by atoms with Crippen LogP contribution in [0.2, 0.25) is 0 Å². The highest BCUT2D eigenvalue weighted by atomic mass is 32.1. The Balaban J connectivity index is 2.66. The van der Waals surface area contributed by atoms with Crippen molar-refractivity contribution in [1.82, 2.24) is 9.80 Å². The predicted octanol–water partition coefficient (Wildman–Crippen LogP) is 2.15. The molecular formula is C15H22N2O3S. The molecule has 0 aliphatic carbocycles. The van der Waals surface area contributed by atoms with Crippen LogP contribution in [0.4, 0.5) is 0 Å². The van der Waals surface area contributed by atoms with E-state index < -0.39 is 5.97 Å². The van der Waals surface area contributed by atoms with E-state index in [9.17, 15) is 9.59 Å². The summed E-state index contributed by atoms with van der Waals surface area (Å²) in [5.41, 5.74) is 0.882. The van der Waals surface area contributed by atoms with Crippen molar-refractivity contribution in [2.24, 2.45) is 0 Å². The number of likely N-dealkylation sites (N-methyl/N-ethyl adjacent to an activating group) is 1. The summed E-state index contributed by atoms with van der Waals surface area (Å²) in [5, 5.41) is 10.5. The Morgan fingerprint density at radius 2 is 2.10 bits per heavy atom. The molecule has 1 N–H and O–H groups in total. The van der Waals surface area contributed by atoms with Crippen LogP contribution in [0.25, 0.3) is 6.08 Å². The van der Waals surface area contributed by atoms with Crippen molar-refractivity contribution in [3.8, 4) is 0 Å². The normalized spacial score (nSPS) is 11.2. The first kappa shape index (κ1) is 17.4. The van der Waals surface area contributed by atoms with Crippen LogP contribution in [0.1, 0.15) is 23.8 Å². The molecule has 0 bridgehead atoms. The number of carbonyl (C=O) groups excluding carboxylic acids is 1. The van der Waals surface area contributed by atoms with Crippen LogP contribution in [0.15, 0.2) is 17.5 Å². The highest BCUT2D eigenvalue weighted by molar-refractivity contribution is 7.10. The van der Waals surface area contributed by atoms with Gasteiger partial charge in [-0.2, -0.15) is 0 Å². The van der Waals surface area contributed by atoms with Gasteiger partial charge < -0.3 is 10.0 Å². The SMILES string of the molecule is CCCN(CC(=O)N(C)C)Cc1cc(C=CC(=O)O)cs1. The van der Waals surface area contributed by atoms with Gasteiger partial charge in [0.2, 0.25) is 5.91 Å². The van der Waals surface area contributed by atoms with E-state index in [1.165, 1.54) is 0 Å². The molecule has 5 nitrogen and oxygen atoms in total. The van der Waals surface area contributed by atoms with E-state index in [2.05, 4.69) is 11.8 Å². The molecule has 1 rings (SSSR count). The molecule has 1 aromatic rings. The van der Waals surface area contributed by atoms with Crippen molar-refractivity contribution < 1.29 is 14.7 Å². The topological polar surface area (TPSA) is 60.9 Å². The van der Waals surface area contributed by atoms with Crippen LogP contribution in [0, 0.1) is 0 Å². The molecule has 1 amide bonds. The second-order valence-electron chi connectivity index (χ2n) is 5.02. The second-order valence-corrected chi connectivity index (χ2v) is 6.01. The van der Waals surface area contributed by atoms with Crippen LogP contribution in [0.3, 0.4) is 0 Å². The van der Waals surface area contributed by atoms with Crippen molar-refractivity contribution >= 4 is 29.3 Å². The summed E-state index contributed by atoms with van der Waals surface area (Å²) >= 11 is 1.58.